The SMILES string of the molecule is O=C(Nc1ccc(F)c(Cl)c1)c1ccc(F)c(S(=O)(=O)NC2CCCCC2O)c1. The quantitative estimate of drug-likeness (QED) is 0.658. The third-order valence-electron chi connectivity index (χ3n) is 4.70. The summed E-state index contributed by atoms with van der Waals surface area (Å²) in [6.45, 7) is 0. The number of aliphatic hydroxyl groups is 1. The zero-order valence-electron chi connectivity index (χ0n) is 15.2. The van der Waals surface area contributed by atoms with Crippen LogP contribution in [0.1, 0.15) is 36.0 Å². The molecule has 1 aliphatic rings. The standard InChI is InChI=1S/C19H19ClF2N2O4S/c20-13-10-12(6-8-14(13)21)23-19(26)11-5-7-15(22)18(9-11)29(27,28)24-16-3-1-2-4-17(16)25/h5-10,16-17,24-25H,1-4H2,(H,23,26). The highest BCUT2D eigenvalue weighted by molar-refractivity contribution is 7.89. The van der Waals surface area contributed by atoms with E-state index in [1.165, 1.54) is 12.1 Å². The van der Waals surface area contributed by atoms with Crippen LogP contribution < -0.4 is 10.0 Å². The molecule has 6 nitrogen and oxygen atoms in total. The van der Waals surface area contributed by atoms with E-state index in [0.717, 1.165) is 37.1 Å². The van der Waals surface area contributed by atoms with Gasteiger partial charge < -0.3 is 10.4 Å². The van der Waals surface area contributed by atoms with Crippen LogP contribution >= 0.6 is 11.6 Å². The van der Waals surface area contributed by atoms with E-state index < -0.39 is 44.6 Å². The van der Waals surface area contributed by atoms with Gasteiger partial charge in [-0.25, -0.2) is 21.9 Å². The Hall–Kier alpha value is -2.07. The molecule has 1 saturated carbocycles. The van der Waals surface area contributed by atoms with Crippen molar-refractivity contribution in [3.8, 4) is 0 Å². The lowest BCUT2D eigenvalue weighted by Gasteiger charge is -2.28. The van der Waals surface area contributed by atoms with Crippen LogP contribution in [-0.2, 0) is 10.0 Å². The Bertz CT molecular complexity index is 1030. The number of carbonyl (C=O) groups excluding carboxylic acids is 1. The van der Waals surface area contributed by atoms with Crippen LogP contribution in [0.5, 0.6) is 0 Å². The summed E-state index contributed by atoms with van der Waals surface area (Å²) < 4.78 is 55.0. The first-order valence-corrected chi connectivity index (χ1v) is 10.8. The molecule has 0 spiro atoms. The average molecular weight is 445 g/mol. The molecule has 0 radical (unpaired) electrons. The molecular formula is C19H19ClF2N2O4S. The van der Waals surface area contributed by atoms with Crippen molar-refractivity contribution in [1.29, 1.82) is 0 Å². The molecule has 2 aromatic rings. The summed E-state index contributed by atoms with van der Waals surface area (Å²) in [4.78, 5) is 11.7. The highest BCUT2D eigenvalue weighted by Gasteiger charge is 2.30. The van der Waals surface area contributed by atoms with Gasteiger partial charge in [0.15, 0.2) is 0 Å². The monoisotopic (exact) mass is 444 g/mol. The first-order valence-electron chi connectivity index (χ1n) is 8.94. The van der Waals surface area contributed by atoms with Gasteiger partial charge in [0, 0.05) is 17.3 Å². The van der Waals surface area contributed by atoms with Gasteiger partial charge in [-0.1, -0.05) is 24.4 Å². The molecule has 156 valence electrons. The van der Waals surface area contributed by atoms with E-state index >= 15 is 0 Å². The Kier molecular flexibility index (Phi) is 6.52. The molecule has 10 heteroatoms. The summed E-state index contributed by atoms with van der Waals surface area (Å²) >= 11 is 5.67. The van der Waals surface area contributed by atoms with E-state index in [0.29, 0.717) is 12.8 Å². The molecular weight excluding hydrogens is 426 g/mol. The normalized spacial score (nSPS) is 19.7. The summed E-state index contributed by atoms with van der Waals surface area (Å²) in [7, 11) is -4.30. The molecule has 1 aliphatic carbocycles. The maximum atomic E-state index is 14.2. The Morgan fingerprint density at radius 1 is 1.07 bits per heavy atom. The van der Waals surface area contributed by atoms with Crippen LogP contribution in [-0.4, -0.2) is 31.6 Å². The molecule has 3 rings (SSSR count). The zero-order chi connectivity index (χ0) is 21.2. The van der Waals surface area contributed by atoms with Gasteiger partial charge in [-0.05, 0) is 49.2 Å². The first-order chi connectivity index (χ1) is 13.7. The van der Waals surface area contributed by atoms with Gasteiger partial charge >= 0.3 is 0 Å². The fourth-order valence-electron chi connectivity index (χ4n) is 3.14. The molecule has 0 saturated heterocycles. The lowest BCUT2D eigenvalue weighted by molar-refractivity contribution is 0.101. The van der Waals surface area contributed by atoms with Crippen molar-refractivity contribution >= 4 is 33.2 Å². The highest BCUT2D eigenvalue weighted by atomic mass is 35.5. The van der Waals surface area contributed by atoms with Crippen molar-refractivity contribution in [2.75, 3.05) is 5.32 Å². The number of rotatable bonds is 5. The summed E-state index contributed by atoms with van der Waals surface area (Å²) in [6, 6.07) is 5.74. The second-order valence-corrected chi connectivity index (χ2v) is 8.90. The lowest BCUT2D eigenvalue weighted by Crippen LogP contribution is -2.45. The minimum Gasteiger partial charge on any atom is -0.391 e. The molecule has 0 aliphatic heterocycles. The molecule has 0 bridgehead atoms. The van der Waals surface area contributed by atoms with Gasteiger partial charge in [-0.2, -0.15) is 0 Å². The fourth-order valence-corrected chi connectivity index (χ4v) is 4.73. The first kappa shape index (κ1) is 21.6. The summed E-state index contributed by atoms with van der Waals surface area (Å²) in [5.41, 5.74) is 0.0787. The summed E-state index contributed by atoms with van der Waals surface area (Å²) in [6.07, 6.45) is 1.58. The number of benzene rings is 2. The van der Waals surface area contributed by atoms with E-state index in [9.17, 15) is 27.1 Å². The third kappa shape index (κ3) is 5.11. The number of amides is 1. The average Bonchev–Trinajstić information content (AvgIpc) is 2.66. The highest BCUT2D eigenvalue weighted by Crippen LogP contribution is 2.24. The van der Waals surface area contributed by atoms with Gasteiger partial charge in [-0.15, -0.1) is 0 Å². The minimum absolute atomic E-state index is 0.114. The van der Waals surface area contributed by atoms with Gasteiger partial charge in [0.05, 0.1) is 11.1 Å². The van der Waals surface area contributed by atoms with E-state index in [1.54, 1.807) is 0 Å². The molecule has 2 aromatic carbocycles. The van der Waals surface area contributed by atoms with Gasteiger partial charge in [0.1, 0.15) is 16.5 Å². The number of hydrogen-bond acceptors (Lipinski definition) is 4. The number of carbonyl (C=O) groups is 1. The number of hydrogen-bond donors (Lipinski definition) is 3. The summed E-state index contributed by atoms with van der Waals surface area (Å²) in [5.74, 6) is -2.40. The van der Waals surface area contributed by atoms with E-state index in [-0.39, 0.29) is 16.3 Å². The molecule has 1 fully saturated rings. The number of anilines is 1. The Labute approximate surface area is 171 Å². The zero-order valence-corrected chi connectivity index (χ0v) is 16.7. The largest absolute Gasteiger partial charge is 0.391 e. The molecule has 1 amide bonds. The fraction of sp³-hybridized carbons (Fsp3) is 0.316. The van der Waals surface area contributed by atoms with Crippen molar-refractivity contribution < 1.29 is 27.1 Å². The topological polar surface area (TPSA) is 95.5 Å². The van der Waals surface area contributed by atoms with Crippen LogP contribution in [0.15, 0.2) is 41.3 Å². The molecule has 3 N–H and O–H groups in total. The van der Waals surface area contributed by atoms with E-state index in [4.69, 9.17) is 11.6 Å². The predicted molar refractivity (Wildman–Crippen MR) is 104 cm³/mol. The predicted octanol–water partition coefficient (Wildman–Crippen LogP) is 3.45. The van der Waals surface area contributed by atoms with E-state index in [1.807, 2.05) is 0 Å². The Balaban J connectivity index is 1.83. The second-order valence-electron chi connectivity index (χ2n) is 6.81. The minimum atomic E-state index is -4.30. The third-order valence-corrected chi connectivity index (χ3v) is 6.49. The van der Waals surface area contributed by atoms with Crippen molar-refractivity contribution in [2.24, 2.45) is 0 Å². The summed E-state index contributed by atoms with van der Waals surface area (Å²) in [5, 5.41) is 12.2. The lowest BCUT2D eigenvalue weighted by atomic mass is 9.93. The number of sulfonamides is 1. The van der Waals surface area contributed by atoms with Crippen LogP contribution in [0.2, 0.25) is 5.02 Å². The van der Waals surface area contributed by atoms with Crippen LogP contribution in [0.25, 0.3) is 0 Å². The Morgan fingerprint density at radius 2 is 1.76 bits per heavy atom. The van der Waals surface area contributed by atoms with Crippen LogP contribution in [0, 0.1) is 11.6 Å². The Morgan fingerprint density at radius 3 is 2.45 bits per heavy atom. The van der Waals surface area contributed by atoms with Gasteiger partial charge in [0.2, 0.25) is 10.0 Å². The number of halogens is 3. The molecule has 29 heavy (non-hydrogen) atoms. The second kappa shape index (κ2) is 8.74. The molecule has 0 aromatic heterocycles. The molecule has 2 unspecified atom stereocenters. The van der Waals surface area contributed by atoms with Crippen molar-refractivity contribution in [3.05, 3.63) is 58.6 Å². The smallest absolute Gasteiger partial charge is 0.255 e. The van der Waals surface area contributed by atoms with Crippen molar-refractivity contribution in [2.45, 2.75) is 42.7 Å². The van der Waals surface area contributed by atoms with Crippen molar-refractivity contribution in [3.63, 3.8) is 0 Å². The van der Waals surface area contributed by atoms with Crippen molar-refractivity contribution in [1.82, 2.24) is 4.72 Å². The maximum Gasteiger partial charge on any atom is 0.255 e. The van der Waals surface area contributed by atoms with E-state index in [2.05, 4.69) is 10.0 Å². The molecule has 2 atom stereocenters. The number of aliphatic hydroxyl groups excluding tert-OH is 1. The van der Waals surface area contributed by atoms with Crippen LogP contribution in [0.4, 0.5) is 14.5 Å². The number of nitrogens with one attached hydrogen (secondary N) is 2. The van der Waals surface area contributed by atoms with Gasteiger partial charge in [0.25, 0.3) is 5.91 Å². The maximum absolute atomic E-state index is 14.2. The molecule has 0 heterocycles. The van der Waals surface area contributed by atoms with Crippen LogP contribution in [0.3, 0.4) is 0 Å². The van der Waals surface area contributed by atoms with Gasteiger partial charge in [-0.3, -0.25) is 4.79 Å².